The fourth-order valence-corrected chi connectivity index (χ4v) is 2.01. The molecule has 0 radical (unpaired) electrons. The molecule has 1 amide bonds. The van der Waals surface area contributed by atoms with Gasteiger partial charge in [0.25, 0.3) is 0 Å². The molecule has 5 heteroatoms. The van der Waals surface area contributed by atoms with Crippen molar-refractivity contribution < 1.29 is 9.53 Å². The number of amides is 1. The van der Waals surface area contributed by atoms with Gasteiger partial charge in [-0.3, -0.25) is 4.79 Å². The van der Waals surface area contributed by atoms with Gasteiger partial charge in [0.2, 0.25) is 5.91 Å². The molecule has 1 aromatic carbocycles. The number of nitrogens with two attached hydrogens (primary N) is 1. The highest BCUT2D eigenvalue weighted by Crippen LogP contribution is 2.27. The number of hydrogen-bond acceptors (Lipinski definition) is 4. The highest BCUT2D eigenvalue weighted by Gasteiger charge is 2.15. The predicted molar refractivity (Wildman–Crippen MR) is 86.7 cm³/mol. The zero-order chi connectivity index (χ0) is 15.7. The molecule has 0 aliphatic heterocycles. The second-order valence-electron chi connectivity index (χ2n) is 5.43. The predicted octanol–water partition coefficient (Wildman–Crippen LogP) is 1.62. The standard InChI is InChI=1S/C16H27N3O2/c1-13(2)11-18-16(20)12-19(10-6-9-17)14-7-4-5-8-15(14)21-3/h4-5,7-8,13H,6,9-12,17H2,1-3H3,(H,18,20). The minimum Gasteiger partial charge on any atom is -0.495 e. The van der Waals surface area contributed by atoms with Crippen molar-refractivity contribution >= 4 is 11.6 Å². The average Bonchev–Trinajstić information content (AvgIpc) is 2.49. The summed E-state index contributed by atoms with van der Waals surface area (Å²) in [6.07, 6.45) is 0.829. The Hall–Kier alpha value is -1.75. The molecule has 0 aliphatic rings. The Bertz CT molecular complexity index is 435. The van der Waals surface area contributed by atoms with Crippen LogP contribution in [0.5, 0.6) is 5.75 Å². The van der Waals surface area contributed by atoms with Crippen molar-refractivity contribution in [2.24, 2.45) is 11.7 Å². The highest BCUT2D eigenvalue weighted by atomic mass is 16.5. The summed E-state index contributed by atoms with van der Waals surface area (Å²) in [6, 6.07) is 7.73. The molecule has 0 heterocycles. The normalized spacial score (nSPS) is 10.5. The van der Waals surface area contributed by atoms with Crippen molar-refractivity contribution in [2.45, 2.75) is 20.3 Å². The lowest BCUT2D eigenvalue weighted by Crippen LogP contribution is -2.39. The number of hydrogen-bond donors (Lipinski definition) is 2. The zero-order valence-corrected chi connectivity index (χ0v) is 13.3. The molecule has 0 unspecified atom stereocenters. The number of benzene rings is 1. The van der Waals surface area contributed by atoms with Crippen molar-refractivity contribution in [3.8, 4) is 5.75 Å². The topological polar surface area (TPSA) is 67.6 Å². The Morgan fingerprint density at radius 1 is 1.38 bits per heavy atom. The summed E-state index contributed by atoms with van der Waals surface area (Å²) in [4.78, 5) is 14.1. The molecular formula is C16H27N3O2. The van der Waals surface area contributed by atoms with Crippen LogP contribution < -0.4 is 20.7 Å². The third kappa shape index (κ3) is 6.04. The number of rotatable bonds is 9. The monoisotopic (exact) mass is 293 g/mol. The van der Waals surface area contributed by atoms with Crippen LogP contribution in [0.15, 0.2) is 24.3 Å². The van der Waals surface area contributed by atoms with Gasteiger partial charge in [-0.2, -0.15) is 0 Å². The second kappa shape index (κ2) is 9.23. The van der Waals surface area contributed by atoms with Gasteiger partial charge < -0.3 is 20.7 Å². The summed E-state index contributed by atoms with van der Waals surface area (Å²) in [5.41, 5.74) is 6.52. The third-order valence-corrected chi connectivity index (χ3v) is 3.10. The van der Waals surface area contributed by atoms with Crippen LogP contribution in [-0.4, -0.2) is 39.2 Å². The molecule has 0 fully saturated rings. The van der Waals surface area contributed by atoms with Crippen molar-refractivity contribution in [2.75, 3.05) is 38.2 Å². The molecule has 118 valence electrons. The third-order valence-electron chi connectivity index (χ3n) is 3.10. The number of nitrogens with one attached hydrogen (secondary N) is 1. The van der Waals surface area contributed by atoms with Crippen molar-refractivity contribution in [3.63, 3.8) is 0 Å². The summed E-state index contributed by atoms with van der Waals surface area (Å²) in [5.74, 6) is 1.23. The number of methoxy groups -OCH3 is 1. The lowest BCUT2D eigenvalue weighted by molar-refractivity contribution is -0.119. The first-order chi connectivity index (χ1) is 10.1. The van der Waals surface area contributed by atoms with E-state index in [0.29, 0.717) is 25.6 Å². The van der Waals surface area contributed by atoms with E-state index in [4.69, 9.17) is 10.5 Å². The molecule has 21 heavy (non-hydrogen) atoms. The molecule has 0 aromatic heterocycles. The number of para-hydroxylation sites is 2. The van der Waals surface area contributed by atoms with Gasteiger partial charge in [0.1, 0.15) is 5.75 Å². The molecule has 1 aromatic rings. The van der Waals surface area contributed by atoms with Gasteiger partial charge in [0.05, 0.1) is 19.3 Å². The fourth-order valence-electron chi connectivity index (χ4n) is 2.01. The Balaban J connectivity index is 2.77. The Morgan fingerprint density at radius 2 is 2.10 bits per heavy atom. The summed E-state index contributed by atoms with van der Waals surface area (Å²) in [5, 5.41) is 2.94. The molecule has 0 aliphatic carbocycles. The molecule has 0 spiro atoms. The highest BCUT2D eigenvalue weighted by molar-refractivity contribution is 5.82. The second-order valence-corrected chi connectivity index (χ2v) is 5.43. The van der Waals surface area contributed by atoms with Gasteiger partial charge in [-0.1, -0.05) is 26.0 Å². The van der Waals surface area contributed by atoms with Crippen molar-refractivity contribution in [1.82, 2.24) is 5.32 Å². The zero-order valence-electron chi connectivity index (χ0n) is 13.3. The van der Waals surface area contributed by atoms with Crippen LogP contribution in [0.2, 0.25) is 0 Å². The summed E-state index contributed by atoms with van der Waals surface area (Å²) >= 11 is 0. The summed E-state index contributed by atoms with van der Waals surface area (Å²) in [6.45, 7) is 6.48. The quantitative estimate of drug-likeness (QED) is 0.726. The smallest absolute Gasteiger partial charge is 0.239 e. The Morgan fingerprint density at radius 3 is 2.71 bits per heavy atom. The van der Waals surface area contributed by atoms with E-state index in [1.165, 1.54) is 0 Å². The average molecular weight is 293 g/mol. The lowest BCUT2D eigenvalue weighted by Gasteiger charge is -2.26. The van der Waals surface area contributed by atoms with E-state index in [1.807, 2.05) is 29.2 Å². The van der Waals surface area contributed by atoms with Crippen LogP contribution in [0.3, 0.4) is 0 Å². The van der Waals surface area contributed by atoms with E-state index in [-0.39, 0.29) is 5.91 Å². The summed E-state index contributed by atoms with van der Waals surface area (Å²) in [7, 11) is 1.64. The lowest BCUT2D eigenvalue weighted by atomic mass is 10.2. The summed E-state index contributed by atoms with van der Waals surface area (Å²) < 4.78 is 5.38. The SMILES string of the molecule is COc1ccccc1N(CCCN)CC(=O)NCC(C)C. The van der Waals surface area contributed by atoms with E-state index in [9.17, 15) is 4.79 Å². The Kier molecular flexibility index (Phi) is 7.61. The minimum atomic E-state index is 0.0200. The van der Waals surface area contributed by atoms with Gasteiger partial charge in [0.15, 0.2) is 0 Å². The van der Waals surface area contributed by atoms with E-state index in [0.717, 1.165) is 24.4 Å². The number of nitrogens with zero attached hydrogens (tertiary/aromatic N) is 1. The van der Waals surface area contributed by atoms with Crippen LogP contribution in [0.4, 0.5) is 5.69 Å². The van der Waals surface area contributed by atoms with Gasteiger partial charge in [0, 0.05) is 13.1 Å². The molecule has 3 N–H and O–H groups in total. The Labute approximate surface area is 127 Å². The molecule has 0 saturated carbocycles. The maximum atomic E-state index is 12.1. The molecule has 0 bridgehead atoms. The van der Waals surface area contributed by atoms with Crippen LogP contribution in [0.25, 0.3) is 0 Å². The van der Waals surface area contributed by atoms with Crippen molar-refractivity contribution in [1.29, 1.82) is 0 Å². The number of ether oxygens (including phenoxy) is 1. The largest absolute Gasteiger partial charge is 0.495 e. The number of carbonyl (C=O) groups excluding carboxylic acids is 1. The fraction of sp³-hybridized carbons (Fsp3) is 0.562. The van der Waals surface area contributed by atoms with Crippen molar-refractivity contribution in [3.05, 3.63) is 24.3 Å². The van der Waals surface area contributed by atoms with Crippen LogP contribution in [0, 0.1) is 5.92 Å². The van der Waals surface area contributed by atoms with E-state index in [2.05, 4.69) is 19.2 Å². The van der Waals surface area contributed by atoms with Crippen LogP contribution in [0.1, 0.15) is 20.3 Å². The van der Waals surface area contributed by atoms with E-state index in [1.54, 1.807) is 7.11 Å². The first-order valence-corrected chi connectivity index (χ1v) is 7.43. The van der Waals surface area contributed by atoms with Gasteiger partial charge >= 0.3 is 0 Å². The van der Waals surface area contributed by atoms with E-state index >= 15 is 0 Å². The van der Waals surface area contributed by atoms with Gasteiger partial charge in [-0.25, -0.2) is 0 Å². The molecule has 0 atom stereocenters. The minimum absolute atomic E-state index is 0.0200. The van der Waals surface area contributed by atoms with E-state index < -0.39 is 0 Å². The number of carbonyl (C=O) groups is 1. The van der Waals surface area contributed by atoms with Crippen LogP contribution >= 0.6 is 0 Å². The van der Waals surface area contributed by atoms with Gasteiger partial charge in [-0.05, 0) is 31.0 Å². The maximum Gasteiger partial charge on any atom is 0.239 e. The molecule has 0 saturated heterocycles. The number of anilines is 1. The molecule has 1 rings (SSSR count). The maximum absolute atomic E-state index is 12.1. The van der Waals surface area contributed by atoms with Crippen LogP contribution in [-0.2, 0) is 4.79 Å². The molecule has 5 nitrogen and oxygen atoms in total. The first kappa shape index (κ1) is 17.3. The first-order valence-electron chi connectivity index (χ1n) is 7.43. The molecular weight excluding hydrogens is 266 g/mol. The van der Waals surface area contributed by atoms with Gasteiger partial charge in [-0.15, -0.1) is 0 Å².